The van der Waals surface area contributed by atoms with Gasteiger partial charge in [0.1, 0.15) is 0 Å². The Bertz CT molecular complexity index is 1710. The molecular formula is C30H33N11O2S2. The Hall–Kier alpha value is -4.76. The maximum atomic E-state index is 12.6. The number of amides is 2. The van der Waals surface area contributed by atoms with Crippen LogP contribution in [0.4, 0.5) is 20.5 Å². The maximum Gasteiger partial charge on any atom is 0.230 e. The van der Waals surface area contributed by atoms with Gasteiger partial charge in [-0.15, -0.1) is 25.5 Å². The monoisotopic (exact) mass is 643 g/mol. The van der Waals surface area contributed by atoms with Crippen LogP contribution in [-0.4, -0.2) is 66.3 Å². The normalized spacial score (nSPS) is 13.5. The molecule has 13 nitrogen and oxygen atoms in total. The van der Waals surface area contributed by atoms with Crippen molar-refractivity contribution in [2.45, 2.75) is 51.6 Å². The van der Waals surface area contributed by atoms with Crippen LogP contribution in [0.1, 0.15) is 41.6 Å². The first-order chi connectivity index (χ1) is 21.9. The molecule has 1 aliphatic heterocycles. The molecule has 232 valence electrons. The molecule has 1 aliphatic rings. The molecule has 4 heterocycles. The number of anilines is 4. The Balaban J connectivity index is 0.905. The standard InChI is InChI=1S/C30H33N11O2S2/c1-20-7-9-22(10-8-20)18-41-19-24(34-39-41)11-12-25(42)32-29-37-38-30(45-29)40-15-13-23(14-16-40)31-27-35-36-28(44-27)33-26(43)17-21-5-3-2-4-6-21/h2-10,19,23H,11-18H2,1H3,(H,31,35)(H,32,37,42)(H,33,36,43). The highest BCUT2D eigenvalue weighted by atomic mass is 32.1. The van der Waals surface area contributed by atoms with Crippen molar-refractivity contribution in [3.05, 3.63) is 83.2 Å². The number of aryl methyl sites for hydroxylation is 2. The third-order valence-electron chi connectivity index (χ3n) is 7.29. The van der Waals surface area contributed by atoms with Gasteiger partial charge in [0.05, 0.1) is 18.7 Å². The topological polar surface area (TPSA) is 156 Å². The van der Waals surface area contributed by atoms with E-state index in [9.17, 15) is 9.59 Å². The van der Waals surface area contributed by atoms with Gasteiger partial charge in [-0.3, -0.25) is 9.59 Å². The summed E-state index contributed by atoms with van der Waals surface area (Å²) < 4.78 is 1.78. The van der Waals surface area contributed by atoms with E-state index in [1.54, 1.807) is 4.68 Å². The summed E-state index contributed by atoms with van der Waals surface area (Å²) in [4.78, 5) is 27.1. The fourth-order valence-corrected chi connectivity index (χ4v) is 6.44. The van der Waals surface area contributed by atoms with Gasteiger partial charge in [0.2, 0.25) is 32.3 Å². The van der Waals surface area contributed by atoms with E-state index in [-0.39, 0.29) is 30.7 Å². The Morgan fingerprint density at radius 2 is 1.53 bits per heavy atom. The molecule has 2 aromatic carbocycles. The number of benzene rings is 2. The molecule has 1 fully saturated rings. The van der Waals surface area contributed by atoms with Gasteiger partial charge in [0.15, 0.2) is 0 Å². The maximum absolute atomic E-state index is 12.6. The zero-order chi connectivity index (χ0) is 31.0. The van der Waals surface area contributed by atoms with Crippen molar-refractivity contribution < 1.29 is 9.59 Å². The summed E-state index contributed by atoms with van der Waals surface area (Å²) in [5, 5.41) is 36.7. The molecule has 0 bridgehead atoms. The smallest absolute Gasteiger partial charge is 0.230 e. The van der Waals surface area contributed by atoms with Gasteiger partial charge >= 0.3 is 0 Å². The van der Waals surface area contributed by atoms with E-state index in [4.69, 9.17) is 0 Å². The average molecular weight is 644 g/mol. The number of hydrogen-bond acceptors (Lipinski definition) is 12. The van der Waals surface area contributed by atoms with E-state index in [2.05, 4.69) is 82.7 Å². The van der Waals surface area contributed by atoms with Crippen LogP contribution in [0, 0.1) is 6.92 Å². The van der Waals surface area contributed by atoms with Gasteiger partial charge in [-0.05, 0) is 30.9 Å². The zero-order valence-corrected chi connectivity index (χ0v) is 26.4. The quantitative estimate of drug-likeness (QED) is 0.180. The molecule has 6 rings (SSSR count). The van der Waals surface area contributed by atoms with Crippen molar-refractivity contribution >= 4 is 55.0 Å². The molecule has 0 radical (unpaired) electrons. The SMILES string of the molecule is Cc1ccc(Cn2cc(CCC(=O)Nc3nnc(N4CCC(Nc5nnc(NC(=O)Cc6ccccc6)s5)CC4)s3)nn2)cc1. The number of aromatic nitrogens is 7. The lowest BCUT2D eigenvalue weighted by Crippen LogP contribution is -2.39. The van der Waals surface area contributed by atoms with Crippen LogP contribution < -0.4 is 20.9 Å². The van der Waals surface area contributed by atoms with Crippen molar-refractivity contribution in [2.24, 2.45) is 0 Å². The van der Waals surface area contributed by atoms with Gasteiger partial charge in [-0.2, -0.15) is 0 Å². The Morgan fingerprint density at radius 3 is 2.33 bits per heavy atom. The Labute approximate surface area is 268 Å². The third kappa shape index (κ3) is 8.67. The zero-order valence-electron chi connectivity index (χ0n) is 24.7. The molecule has 3 N–H and O–H groups in total. The Morgan fingerprint density at radius 1 is 0.822 bits per heavy atom. The summed E-state index contributed by atoms with van der Waals surface area (Å²) in [6, 6.07) is 18.1. The van der Waals surface area contributed by atoms with Crippen LogP contribution >= 0.6 is 22.7 Å². The number of carbonyl (C=O) groups excluding carboxylic acids is 2. The van der Waals surface area contributed by atoms with Gasteiger partial charge in [0, 0.05) is 38.2 Å². The van der Waals surface area contributed by atoms with E-state index in [0.717, 1.165) is 47.9 Å². The number of piperidine rings is 1. The predicted octanol–water partition coefficient (Wildman–Crippen LogP) is 4.17. The van der Waals surface area contributed by atoms with Crippen molar-refractivity contribution in [3.8, 4) is 0 Å². The van der Waals surface area contributed by atoms with E-state index >= 15 is 0 Å². The number of carbonyl (C=O) groups is 2. The number of hydrogen-bond donors (Lipinski definition) is 3. The van der Waals surface area contributed by atoms with Crippen molar-refractivity contribution in [2.75, 3.05) is 33.9 Å². The lowest BCUT2D eigenvalue weighted by atomic mass is 10.1. The first-order valence-electron chi connectivity index (χ1n) is 14.7. The summed E-state index contributed by atoms with van der Waals surface area (Å²) in [5.74, 6) is -0.259. The highest BCUT2D eigenvalue weighted by molar-refractivity contribution is 7.19. The van der Waals surface area contributed by atoms with E-state index in [0.29, 0.717) is 28.4 Å². The number of nitrogens with one attached hydrogen (secondary N) is 3. The average Bonchev–Trinajstić information content (AvgIpc) is 3.80. The largest absolute Gasteiger partial charge is 0.357 e. The summed E-state index contributed by atoms with van der Waals surface area (Å²) in [5.41, 5.74) is 4.08. The summed E-state index contributed by atoms with van der Waals surface area (Å²) in [7, 11) is 0. The van der Waals surface area contributed by atoms with Gasteiger partial charge in [-0.25, -0.2) is 4.68 Å². The van der Waals surface area contributed by atoms with Crippen molar-refractivity contribution in [3.63, 3.8) is 0 Å². The first kappa shape index (κ1) is 30.3. The van der Waals surface area contributed by atoms with Crippen LogP contribution in [0.25, 0.3) is 0 Å². The minimum Gasteiger partial charge on any atom is -0.357 e. The van der Waals surface area contributed by atoms with E-state index < -0.39 is 0 Å². The van der Waals surface area contributed by atoms with Crippen LogP contribution in [0.5, 0.6) is 0 Å². The molecule has 0 saturated carbocycles. The number of nitrogens with zero attached hydrogens (tertiary/aromatic N) is 8. The predicted molar refractivity (Wildman–Crippen MR) is 175 cm³/mol. The third-order valence-corrected chi connectivity index (χ3v) is 8.96. The minimum atomic E-state index is -0.138. The second-order valence-corrected chi connectivity index (χ2v) is 12.8. The highest BCUT2D eigenvalue weighted by Gasteiger charge is 2.23. The molecule has 0 atom stereocenters. The van der Waals surface area contributed by atoms with E-state index in [1.807, 2.05) is 36.5 Å². The van der Waals surface area contributed by atoms with Crippen molar-refractivity contribution in [1.82, 2.24) is 35.4 Å². The van der Waals surface area contributed by atoms with Gasteiger partial charge in [0.25, 0.3) is 0 Å². The van der Waals surface area contributed by atoms with Gasteiger partial charge in [-0.1, -0.05) is 88.0 Å². The van der Waals surface area contributed by atoms with Crippen LogP contribution in [0.2, 0.25) is 0 Å². The van der Waals surface area contributed by atoms with Gasteiger partial charge < -0.3 is 20.9 Å². The Kier molecular flexibility index (Phi) is 9.65. The van der Waals surface area contributed by atoms with Crippen LogP contribution in [-0.2, 0) is 29.0 Å². The molecule has 1 saturated heterocycles. The molecule has 0 spiro atoms. The number of rotatable bonds is 12. The molecule has 0 unspecified atom stereocenters. The van der Waals surface area contributed by atoms with Crippen LogP contribution in [0.3, 0.4) is 0 Å². The second kappa shape index (κ2) is 14.3. The van der Waals surface area contributed by atoms with Crippen LogP contribution in [0.15, 0.2) is 60.8 Å². The van der Waals surface area contributed by atoms with E-state index in [1.165, 1.54) is 28.2 Å². The molecule has 3 aromatic heterocycles. The highest BCUT2D eigenvalue weighted by Crippen LogP contribution is 2.29. The molecule has 45 heavy (non-hydrogen) atoms. The molecule has 0 aliphatic carbocycles. The minimum absolute atomic E-state index is 0.122. The lowest BCUT2D eigenvalue weighted by Gasteiger charge is -2.31. The lowest BCUT2D eigenvalue weighted by molar-refractivity contribution is -0.116. The summed E-state index contributed by atoms with van der Waals surface area (Å²) in [6.45, 7) is 4.28. The summed E-state index contributed by atoms with van der Waals surface area (Å²) in [6.07, 6.45) is 4.69. The first-order valence-corrected chi connectivity index (χ1v) is 16.3. The molecular weight excluding hydrogens is 611 g/mol. The molecule has 5 aromatic rings. The summed E-state index contributed by atoms with van der Waals surface area (Å²) >= 11 is 2.70. The fourth-order valence-electron chi connectivity index (χ4n) is 4.89. The van der Waals surface area contributed by atoms with Crippen molar-refractivity contribution in [1.29, 1.82) is 0 Å². The fraction of sp³-hybridized carbons (Fsp3) is 0.333. The molecule has 2 amide bonds. The molecule has 15 heteroatoms. The second-order valence-electron chi connectivity index (χ2n) is 10.9.